The molecule has 0 unspecified atom stereocenters. The molecule has 1 aliphatic rings. The summed E-state index contributed by atoms with van der Waals surface area (Å²) in [6, 6.07) is 67.3. The highest BCUT2D eigenvalue weighted by atomic mass is 16.3. The summed E-state index contributed by atoms with van der Waals surface area (Å²) in [7, 11) is 0. The maximum Gasteiger partial charge on any atom is 0.143 e. The van der Waals surface area contributed by atoms with Crippen molar-refractivity contribution >= 4 is 39.0 Å². The molecule has 0 N–H and O–H groups in total. The molecule has 2 nitrogen and oxygen atoms in total. The number of hydrogen-bond donors (Lipinski definition) is 0. The number of benzene rings is 9. The summed E-state index contributed by atoms with van der Waals surface area (Å²) < 4.78 is 45.2. The van der Waals surface area contributed by atoms with Crippen LogP contribution in [0.5, 0.6) is 0 Å². The quantitative estimate of drug-likeness (QED) is 0.162. The lowest BCUT2D eigenvalue weighted by molar-refractivity contribution is 0.670. The van der Waals surface area contributed by atoms with Gasteiger partial charge >= 0.3 is 0 Å². The molecule has 57 heavy (non-hydrogen) atoms. The van der Waals surface area contributed by atoms with Crippen molar-refractivity contribution < 1.29 is 9.90 Å². The number of hydrogen-bond acceptors (Lipinski definition) is 2. The number of nitrogens with zero attached hydrogens (tertiary/aromatic N) is 1. The highest BCUT2D eigenvalue weighted by molar-refractivity contribution is 6.09. The van der Waals surface area contributed by atoms with Gasteiger partial charge in [0, 0.05) is 33.4 Å². The predicted molar refractivity (Wildman–Crippen MR) is 237 cm³/mol. The van der Waals surface area contributed by atoms with Crippen LogP contribution in [0.1, 0.15) is 27.7 Å². The molecule has 0 saturated heterocycles. The standard InChI is InChI=1S/C55H37NO/c1-4-15-38(16-5-1)39-27-31-43(32-28-39)56(44-33-29-40(30-34-44)46-23-14-24-50-49-22-11-13-26-53(49)57-54(46)50)45-35-36-48-47-21-10-12-25-51(47)55(52(48)37-45,41-17-6-2-7-18-41)42-19-8-3-9-20-42/h1-37H/i29D,30D,33D,34D. The second-order valence-electron chi connectivity index (χ2n) is 14.5. The molecule has 0 saturated carbocycles. The van der Waals surface area contributed by atoms with Gasteiger partial charge in [-0.25, -0.2) is 0 Å². The average molecular weight is 732 g/mol. The van der Waals surface area contributed by atoms with E-state index < -0.39 is 5.41 Å². The van der Waals surface area contributed by atoms with E-state index in [1.807, 2.05) is 108 Å². The van der Waals surface area contributed by atoms with Gasteiger partial charge in [-0.1, -0.05) is 182 Å². The van der Waals surface area contributed by atoms with Crippen LogP contribution in [0.2, 0.25) is 0 Å². The number of fused-ring (bicyclic) bond motifs is 6. The summed E-state index contributed by atoms with van der Waals surface area (Å²) in [4.78, 5) is 1.89. The van der Waals surface area contributed by atoms with Crippen LogP contribution < -0.4 is 4.90 Å². The van der Waals surface area contributed by atoms with Gasteiger partial charge in [-0.3, -0.25) is 0 Å². The lowest BCUT2D eigenvalue weighted by Gasteiger charge is -2.35. The van der Waals surface area contributed by atoms with Crippen molar-refractivity contribution in [1.29, 1.82) is 0 Å². The molecule has 0 atom stereocenters. The van der Waals surface area contributed by atoms with Crippen LogP contribution in [0.25, 0.3) is 55.3 Å². The third kappa shape index (κ3) is 5.26. The minimum Gasteiger partial charge on any atom is -0.455 e. The van der Waals surface area contributed by atoms with Crippen LogP contribution in [0.4, 0.5) is 17.1 Å². The van der Waals surface area contributed by atoms with Crippen LogP contribution in [0.3, 0.4) is 0 Å². The summed E-state index contributed by atoms with van der Waals surface area (Å²) in [6.07, 6.45) is 0. The van der Waals surface area contributed by atoms with Gasteiger partial charge in [-0.2, -0.15) is 0 Å². The Morgan fingerprint density at radius 3 is 1.68 bits per heavy atom. The first kappa shape index (κ1) is 28.9. The van der Waals surface area contributed by atoms with Crippen molar-refractivity contribution in [2.24, 2.45) is 0 Å². The van der Waals surface area contributed by atoms with Gasteiger partial charge in [0.15, 0.2) is 0 Å². The van der Waals surface area contributed by atoms with E-state index in [0.29, 0.717) is 28.1 Å². The first-order chi connectivity index (χ1) is 29.9. The predicted octanol–water partition coefficient (Wildman–Crippen LogP) is 14.8. The Bertz CT molecular complexity index is 3220. The molecule has 0 aliphatic heterocycles. The average Bonchev–Trinajstić information content (AvgIpc) is 3.85. The number of rotatable bonds is 7. The van der Waals surface area contributed by atoms with Gasteiger partial charge in [0.1, 0.15) is 11.2 Å². The second-order valence-corrected chi connectivity index (χ2v) is 14.5. The van der Waals surface area contributed by atoms with E-state index in [1.165, 1.54) is 5.56 Å². The smallest absolute Gasteiger partial charge is 0.143 e. The highest BCUT2D eigenvalue weighted by Gasteiger charge is 2.46. The Kier molecular flexibility index (Phi) is 6.81. The van der Waals surface area contributed by atoms with Gasteiger partial charge in [0.05, 0.1) is 10.9 Å². The molecule has 268 valence electrons. The summed E-state index contributed by atoms with van der Waals surface area (Å²) in [5.41, 5.74) is 11.6. The van der Waals surface area contributed by atoms with E-state index in [1.54, 1.807) is 0 Å². The van der Waals surface area contributed by atoms with Crippen LogP contribution in [-0.4, -0.2) is 0 Å². The van der Waals surface area contributed by atoms with E-state index in [2.05, 4.69) is 97.1 Å². The lowest BCUT2D eigenvalue weighted by atomic mass is 9.67. The Morgan fingerprint density at radius 1 is 0.386 bits per heavy atom. The second kappa shape index (κ2) is 13.4. The minimum atomic E-state index is -0.683. The zero-order valence-electron chi connectivity index (χ0n) is 34.9. The lowest BCUT2D eigenvalue weighted by Crippen LogP contribution is -2.28. The van der Waals surface area contributed by atoms with Gasteiger partial charge in [0.2, 0.25) is 0 Å². The molecule has 0 amide bonds. The molecule has 9 aromatic carbocycles. The molecular formula is C55H37NO. The summed E-state index contributed by atoms with van der Waals surface area (Å²) in [5.74, 6) is 0. The Labute approximate surface area is 338 Å². The van der Waals surface area contributed by atoms with Gasteiger partial charge < -0.3 is 9.32 Å². The monoisotopic (exact) mass is 731 g/mol. The van der Waals surface area contributed by atoms with Crippen molar-refractivity contribution in [3.8, 4) is 33.4 Å². The van der Waals surface area contributed by atoms with Crippen LogP contribution >= 0.6 is 0 Å². The summed E-state index contributed by atoms with van der Waals surface area (Å²) in [6.45, 7) is 0. The zero-order chi connectivity index (χ0) is 41.2. The Hall–Kier alpha value is -7.42. The minimum absolute atomic E-state index is 0.147. The van der Waals surface area contributed by atoms with Crippen molar-refractivity contribution in [3.63, 3.8) is 0 Å². The number of furan rings is 1. The molecule has 0 bridgehead atoms. The maximum absolute atomic E-state index is 9.79. The molecule has 10 aromatic rings. The van der Waals surface area contributed by atoms with Crippen molar-refractivity contribution in [3.05, 3.63) is 247 Å². The van der Waals surface area contributed by atoms with E-state index in [0.717, 1.165) is 49.7 Å². The third-order valence-electron chi connectivity index (χ3n) is 11.4. The fourth-order valence-electron chi connectivity index (χ4n) is 8.91. The van der Waals surface area contributed by atoms with Crippen molar-refractivity contribution in [2.75, 3.05) is 4.90 Å². The number of para-hydroxylation sites is 2. The fraction of sp³-hybridized carbons (Fsp3) is 0.0182. The van der Waals surface area contributed by atoms with Crippen molar-refractivity contribution in [2.45, 2.75) is 5.41 Å². The Morgan fingerprint density at radius 2 is 0.947 bits per heavy atom. The first-order valence-electron chi connectivity index (χ1n) is 21.3. The zero-order valence-corrected chi connectivity index (χ0v) is 30.9. The van der Waals surface area contributed by atoms with E-state index in [4.69, 9.17) is 4.42 Å². The molecule has 0 fully saturated rings. The topological polar surface area (TPSA) is 16.4 Å². The Balaban J connectivity index is 1.17. The van der Waals surface area contributed by atoms with E-state index >= 15 is 0 Å². The van der Waals surface area contributed by atoms with Crippen LogP contribution in [0, 0.1) is 0 Å². The summed E-state index contributed by atoms with van der Waals surface area (Å²) >= 11 is 0. The molecule has 1 aromatic heterocycles. The van der Waals surface area contributed by atoms with Gasteiger partial charge in [-0.15, -0.1) is 0 Å². The molecule has 0 spiro atoms. The molecule has 2 heteroatoms. The third-order valence-corrected chi connectivity index (χ3v) is 11.4. The molecule has 0 radical (unpaired) electrons. The van der Waals surface area contributed by atoms with Gasteiger partial charge in [0.25, 0.3) is 0 Å². The fourth-order valence-corrected chi connectivity index (χ4v) is 8.91. The van der Waals surface area contributed by atoms with Crippen LogP contribution in [0.15, 0.2) is 229 Å². The first-order valence-corrected chi connectivity index (χ1v) is 19.3. The highest BCUT2D eigenvalue weighted by Crippen LogP contribution is 2.57. The SMILES string of the molecule is [2H]c1c([2H])c(N(c2ccc(-c3ccccc3)cc2)c2ccc3c(c2)C(c2ccccc2)(c2ccccc2)c2ccccc2-3)c([2H])c([2H])c1-c1cccc2c1oc1ccccc12. The largest absolute Gasteiger partial charge is 0.455 e. The molecule has 1 aliphatic carbocycles. The maximum atomic E-state index is 9.79. The summed E-state index contributed by atoms with van der Waals surface area (Å²) in [5, 5.41) is 1.78. The van der Waals surface area contributed by atoms with Crippen molar-refractivity contribution in [1.82, 2.24) is 0 Å². The van der Waals surface area contributed by atoms with Crippen LogP contribution in [-0.2, 0) is 5.41 Å². The number of anilines is 3. The molecular weight excluding hydrogens is 691 g/mol. The van der Waals surface area contributed by atoms with Gasteiger partial charge in [-0.05, 0) is 92.5 Å². The molecule has 11 rings (SSSR count). The normalized spacial score (nSPS) is 13.7. The van der Waals surface area contributed by atoms with E-state index in [9.17, 15) is 5.48 Å². The van der Waals surface area contributed by atoms with E-state index in [-0.39, 0.29) is 35.4 Å². The molecule has 1 heterocycles.